The lowest BCUT2D eigenvalue weighted by Gasteiger charge is -2.13. The second-order valence-corrected chi connectivity index (χ2v) is 6.35. The molecule has 0 saturated heterocycles. The molecular formula is C16H17Cl3O8. The van der Waals surface area contributed by atoms with Crippen LogP contribution in [0.1, 0.15) is 13.8 Å². The standard InChI is InChI=1S/C16H17Cl3O8/c1-8(17)6-24-14(21)10(3)26-13(20)5-12(19)16(23)27-11(4)15(22)25-7-9(2)18/h5,10-11H,1-2,6-7H2,3-4H3/b12-5+/t10-,11-/m0/s1. The van der Waals surface area contributed by atoms with Crippen LogP contribution in [-0.4, -0.2) is 49.3 Å². The van der Waals surface area contributed by atoms with Gasteiger partial charge in [0.1, 0.15) is 18.2 Å². The maximum Gasteiger partial charge on any atom is 0.350 e. The van der Waals surface area contributed by atoms with Crippen LogP contribution in [0.5, 0.6) is 0 Å². The third-order valence-corrected chi connectivity index (χ3v) is 2.90. The molecule has 27 heavy (non-hydrogen) atoms. The van der Waals surface area contributed by atoms with Crippen LogP contribution in [0.4, 0.5) is 0 Å². The first kappa shape index (κ1) is 25.0. The summed E-state index contributed by atoms with van der Waals surface area (Å²) in [6, 6.07) is 0. The van der Waals surface area contributed by atoms with Gasteiger partial charge in [-0.3, -0.25) is 0 Å². The maximum atomic E-state index is 11.7. The van der Waals surface area contributed by atoms with Crippen LogP contribution in [0.2, 0.25) is 0 Å². The fraction of sp³-hybridized carbons (Fsp3) is 0.375. The van der Waals surface area contributed by atoms with Gasteiger partial charge in [-0.05, 0) is 13.8 Å². The molecule has 0 heterocycles. The van der Waals surface area contributed by atoms with Crippen LogP contribution in [-0.2, 0) is 38.1 Å². The van der Waals surface area contributed by atoms with Gasteiger partial charge in [0, 0.05) is 16.1 Å². The van der Waals surface area contributed by atoms with Crippen molar-refractivity contribution in [3.63, 3.8) is 0 Å². The van der Waals surface area contributed by atoms with Crippen molar-refractivity contribution in [2.45, 2.75) is 26.1 Å². The third kappa shape index (κ3) is 11.3. The van der Waals surface area contributed by atoms with E-state index in [1.807, 2.05) is 0 Å². The summed E-state index contributed by atoms with van der Waals surface area (Å²) < 4.78 is 18.8. The molecular weight excluding hydrogens is 427 g/mol. The molecule has 2 atom stereocenters. The zero-order valence-corrected chi connectivity index (χ0v) is 16.7. The smallest absolute Gasteiger partial charge is 0.350 e. The molecule has 0 spiro atoms. The minimum atomic E-state index is -1.32. The Morgan fingerprint density at radius 1 is 0.852 bits per heavy atom. The molecule has 0 aliphatic rings. The third-order valence-electron chi connectivity index (χ3n) is 2.42. The quantitative estimate of drug-likeness (QED) is 0.288. The molecule has 0 aromatic heterocycles. The van der Waals surface area contributed by atoms with Crippen LogP contribution < -0.4 is 0 Å². The van der Waals surface area contributed by atoms with Crippen molar-refractivity contribution in [3.05, 3.63) is 34.3 Å². The molecule has 0 aromatic carbocycles. The van der Waals surface area contributed by atoms with Gasteiger partial charge in [-0.15, -0.1) is 0 Å². The summed E-state index contributed by atoms with van der Waals surface area (Å²) in [6.07, 6.45) is -2.03. The van der Waals surface area contributed by atoms with E-state index in [2.05, 4.69) is 22.6 Å². The predicted octanol–water partition coefficient (Wildman–Crippen LogP) is 2.56. The molecule has 0 bridgehead atoms. The normalized spacial score (nSPS) is 13.0. The minimum absolute atomic E-state index is 0.0746. The van der Waals surface area contributed by atoms with E-state index < -0.39 is 41.1 Å². The average Bonchev–Trinajstić information content (AvgIpc) is 2.56. The molecule has 0 radical (unpaired) electrons. The van der Waals surface area contributed by atoms with E-state index in [9.17, 15) is 19.2 Å². The topological polar surface area (TPSA) is 105 Å². The lowest BCUT2D eigenvalue weighted by Crippen LogP contribution is -2.27. The Morgan fingerprint density at radius 2 is 1.26 bits per heavy atom. The van der Waals surface area contributed by atoms with Crippen LogP contribution in [0, 0.1) is 0 Å². The van der Waals surface area contributed by atoms with Gasteiger partial charge >= 0.3 is 23.9 Å². The number of esters is 4. The zero-order valence-electron chi connectivity index (χ0n) is 14.5. The van der Waals surface area contributed by atoms with Gasteiger partial charge in [0.25, 0.3) is 0 Å². The molecule has 0 saturated carbocycles. The highest BCUT2D eigenvalue weighted by atomic mass is 35.5. The van der Waals surface area contributed by atoms with Crippen molar-refractivity contribution in [1.29, 1.82) is 0 Å². The van der Waals surface area contributed by atoms with Crippen LogP contribution in [0.3, 0.4) is 0 Å². The summed E-state index contributed by atoms with van der Waals surface area (Å²) in [5.41, 5.74) is 0. The minimum Gasteiger partial charge on any atom is -0.457 e. The van der Waals surface area contributed by atoms with Crippen molar-refractivity contribution >= 4 is 58.7 Å². The highest BCUT2D eigenvalue weighted by Crippen LogP contribution is 2.10. The Labute approximate surface area is 170 Å². The van der Waals surface area contributed by atoms with Crippen molar-refractivity contribution in [1.82, 2.24) is 0 Å². The molecule has 0 N–H and O–H groups in total. The SMILES string of the molecule is C=C(Cl)COC(=O)[C@H](C)OC(=O)/C=C(/Cl)C(=O)O[C@@H](C)C(=O)OCC(=C)Cl. The van der Waals surface area contributed by atoms with Crippen molar-refractivity contribution in [2.75, 3.05) is 13.2 Å². The molecule has 0 unspecified atom stereocenters. The van der Waals surface area contributed by atoms with E-state index in [-0.39, 0.29) is 23.3 Å². The summed E-state index contributed by atoms with van der Waals surface area (Å²) in [7, 11) is 0. The molecule has 0 aromatic rings. The molecule has 0 rings (SSSR count). The summed E-state index contributed by atoms with van der Waals surface area (Å²) in [4.78, 5) is 46.4. The van der Waals surface area contributed by atoms with Gasteiger partial charge in [0.15, 0.2) is 12.2 Å². The van der Waals surface area contributed by atoms with Crippen LogP contribution in [0.15, 0.2) is 34.3 Å². The van der Waals surface area contributed by atoms with Crippen molar-refractivity contribution in [3.8, 4) is 0 Å². The second kappa shape index (κ2) is 12.4. The molecule has 0 aliphatic heterocycles. The fourth-order valence-electron chi connectivity index (χ4n) is 1.22. The lowest BCUT2D eigenvalue weighted by molar-refractivity contribution is -0.164. The predicted molar refractivity (Wildman–Crippen MR) is 96.9 cm³/mol. The summed E-state index contributed by atoms with van der Waals surface area (Å²) in [5, 5.41) is -0.530. The zero-order chi connectivity index (χ0) is 21.1. The number of halogens is 3. The van der Waals surface area contributed by atoms with Gasteiger partial charge in [-0.25, -0.2) is 19.2 Å². The highest BCUT2D eigenvalue weighted by Gasteiger charge is 2.23. The molecule has 150 valence electrons. The van der Waals surface area contributed by atoms with E-state index >= 15 is 0 Å². The Hall–Kier alpha value is -2.03. The molecule has 0 fully saturated rings. The molecule has 11 heteroatoms. The van der Waals surface area contributed by atoms with Gasteiger partial charge in [-0.2, -0.15) is 0 Å². The highest BCUT2D eigenvalue weighted by molar-refractivity contribution is 6.42. The Bertz CT molecular complexity index is 656. The van der Waals surface area contributed by atoms with Crippen molar-refractivity contribution in [2.24, 2.45) is 0 Å². The number of carbonyl (C=O) groups is 4. The maximum absolute atomic E-state index is 11.7. The van der Waals surface area contributed by atoms with E-state index in [0.717, 1.165) is 0 Å². The number of ether oxygens (including phenoxy) is 4. The van der Waals surface area contributed by atoms with Gasteiger partial charge < -0.3 is 18.9 Å². The Morgan fingerprint density at radius 3 is 1.67 bits per heavy atom. The first-order valence-electron chi connectivity index (χ1n) is 7.22. The fourth-order valence-corrected chi connectivity index (χ4v) is 1.46. The lowest BCUT2D eigenvalue weighted by atomic mass is 10.4. The Kier molecular flexibility index (Phi) is 11.4. The first-order chi connectivity index (χ1) is 12.4. The number of rotatable bonds is 10. The second-order valence-electron chi connectivity index (χ2n) is 4.87. The van der Waals surface area contributed by atoms with Gasteiger partial charge in [0.05, 0.1) is 0 Å². The van der Waals surface area contributed by atoms with Gasteiger partial charge in [0.2, 0.25) is 0 Å². The summed E-state index contributed by atoms with van der Waals surface area (Å²) in [5.74, 6) is -4.07. The molecule has 0 amide bonds. The number of hydrogen-bond donors (Lipinski definition) is 0. The van der Waals surface area contributed by atoms with Crippen LogP contribution >= 0.6 is 34.8 Å². The van der Waals surface area contributed by atoms with E-state index in [0.29, 0.717) is 6.08 Å². The van der Waals surface area contributed by atoms with Crippen LogP contribution in [0.25, 0.3) is 0 Å². The van der Waals surface area contributed by atoms with E-state index in [1.54, 1.807) is 0 Å². The van der Waals surface area contributed by atoms with Crippen molar-refractivity contribution < 1.29 is 38.1 Å². The largest absolute Gasteiger partial charge is 0.457 e. The Balaban J connectivity index is 4.59. The van der Waals surface area contributed by atoms with E-state index in [4.69, 9.17) is 44.3 Å². The van der Waals surface area contributed by atoms with E-state index in [1.165, 1.54) is 13.8 Å². The average molecular weight is 444 g/mol. The molecule has 0 aliphatic carbocycles. The summed E-state index contributed by atoms with van der Waals surface area (Å²) in [6.45, 7) is 8.59. The molecule has 8 nitrogen and oxygen atoms in total. The van der Waals surface area contributed by atoms with Gasteiger partial charge in [-0.1, -0.05) is 48.0 Å². The first-order valence-corrected chi connectivity index (χ1v) is 8.36. The number of hydrogen-bond acceptors (Lipinski definition) is 8. The number of carbonyl (C=O) groups excluding carboxylic acids is 4. The monoisotopic (exact) mass is 442 g/mol. The summed E-state index contributed by atoms with van der Waals surface area (Å²) >= 11 is 16.5.